The zero-order chi connectivity index (χ0) is 14.2. The van der Waals surface area contributed by atoms with Crippen LogP contribution in [0.2, 0.25) is 0 Å². The van der Waals surface area contributed by atoms with Gasteiger partial charge in [0.05, 0.1) is 0 Å². The summed E-state index contributed by atoms with van der Waals surface area (Å²) in [7, 11) is 0. The molecule has 0 spiro atoms. The molecule has 3 N–H and O–H groups in total. The van der Waals surface area contributed by atoms with Gasteiger partial charge >= 0.3 is 6.03 Å². The van der Waals surface area contributed by atoms with E-state index in [1.54, 1.807) is 0 Å². The Kier molecular flexibility index (Phi) is 6.60. The van der Waals surface area contributed by atoms with E-state index in [1.165, 1.54) is 25.7 Å². The molecule has 2 amide bonds. The van der Waals surface area contributed by atoms with E-state index in [9.17, 15) is 4.79 Å². The van der Waals surface area contributed by atoms with Crippen LogP contribution in [0.4, 0.5) is 4.79 Å². The van der Waals surface area contributed by atoms with E-state index in [1.807, 2.05) is 4.90 Å². The summed E-state index contributed by atoms with van der Waals surface area (Å²) in [5.74, 6) is 0. The van der Waals surface area contributed by atoms with Gasteiger partial charge in [-0.25, -0.2) is 4.79 Å². The number of nitrogens with one attached hydrogen (secondary N) is 1. The van der Waals surface area contributed by atoms with Gasteiger partial charge in [-0.2, -0.15) is 0 Å². The first-order chi connectivity index (χ1) is 9.79. The smallest absolute Gasteiger partial charge is 0.317 e. The lowest BCUT2D eigenvalue weighted by molar-refractivity contribution is 0.134. The molecule has 0 aromatic carbocycles. The lowest BCUT2D eigenvalue weighted by atomic mass is 9.96. The van der Waals surface area contributed by atoms with E-state index >= 15 is 0 Å². The van der Waals surface area contributed by atoms with Gasteiger partial charge in [-0.3, -0.25) is 4.90 Å². The van der Waals surface area contributed by atoms with Gasteiger partial charge in [0.25, 0.3) is 0 Å². The van der Waals surface area contributed by atoms with Crippen LogP contribution in [-0.2, 0) is 0 Å². The molecule has 0 bridgehead atoms. The number of amides is 2. The first kappa shape index (κ1) is 15.6. The molecule has 5 heteroatoms. The first-order valence-corrected chi connectivity index (χ1v) is 8.27. The van der Waals surface area contributed by atoms with E-state index in [0.717, 1.165) is 58.5 Å². The summed E-state index contributed by atoms with van der Waals surface area (Å²) in [6.45, 7) is 5.63. The lowest BCUT2D eigenvalue weighted by Gasteiger charge is -2.36. The van der Waals surface area contributed by atoms with Gasteiger partial charge in [-0.05, 0) is 38.8 Å². The van der Waals surface area contributed by atoms with Crippen molar-refractivity contribution in [2.75, 3.05) is 39.3 Å². The molecule has 2 rings (SSSR count). The molecule has 20 heavy (non-hydrogen) atoms. The predicted molar refractivity (Wildman–Crippen MR) is 81.7 cm³/mol. The Bertz CT molecular complexity index is 284. The normalized spacial score (nSPS) is 21.9. The van der Waals surface area contributed by atoms with Crippen LogP contribution in [0.25, 0.3) is 0 Å². The molecule has 5 nitrogen and oxygen atoms in total. The molecule has 0 unspecified atom stereocenters. The highest BCUT2D eigenvalue weighted by Crippen LogP contribution is 2.17. The number of rotatable bonds is 5. The molecule has 0 radical (unpaired) electrons. The molecule has 1 aliphatic carbocycles. The summed E-state index contributed by atoms with van der Waals surface area (Å²) in [5.41, 5.74) is 5.52. The highest BCUT2D eigenvalue weighted by molar-refractivity contribution is 5.74. The van der Waals surface area contributed by atoms with E-state index in [4.69, 9.17) is 5.73 Å². The number of piperazine rings is 1. The Morgan fingerprint density at radius 1 is 1.05 bits per heavy atom. The minimum atomic E-state index is 0.151. The van der Waals surface area contributed by atoms with Crippen molar-refractivity contribution >= 4 is 6.03 Å². The summed E-state index contributed by atoms with van der Waals surface area (Å²) in [6, 6.07) is 0.567. The molecular weight excluding hydrogens is 252 g/mol. The van der Waals surface area contributed by atoms with Gasteiger partial charge in [0.15, 0.2) is 0 Å². The molecule has 0 aromatic heterocycles. The maximum atomic E-state index is 12.2. The van der Waals surface area contributed by atoms with Crippen molar-refractivity contribution in [1.82, 2.24) is 15.1 Å². The third kappa shape index (κ3) is 4.94. The average Bonchev–Trinajstić information content (AvgIpc) is 2.49. The van der Waals surface area contributed by atoms with Crippen molar-refractivity contribution in [3.05, 3.63) is 0 Å². The Hall–Kier alpha value is -0.810. The fourth-order valence-corrected chi connectivity index (χ4v) is 3.17. The number of carbonyl (C=O) groups excluding carboxylic acids is 1. The van der Waals surface area contributed by atoms with Crippen LogP contribution in [0.3, 0.4) is 0 Å². The molecule has 116 valence electrons. The number of hydrogen-bond donors (Lipinski definition) is 2. The summed E-state index contributed by atoms with van der Waals surface area (Å²) in [6.07, 6.45) is 8.44. The van der Waals surface area contributed by atoms with Gasteiger partial charge in [-0.1, -0.05) is 19.3 Å². The summed E-state index contributed by atoms with van der Waals surface area (Å²) in [5, 5.41) is 3.21. The average molecular weight is 282 g/mol. The summed E-state index contributed by atoms with van der Waals surface area (Å²) < 4.78 is 0. The maximum Gasteiger partial charge on any atom is 0.317 e. The molecule has 0 aromatic rings. The van der Waals surface area contributed by atoms with Crippen LogP contribution in [0, 0.1) is 0 Å². The third-order valence-corrected chi connectivity index (χ3v) is 4.52. The molecular formula is C15H30N4O. The van der Waals surface area contributed by atoms with Gasteiger partial charge in [0, 0.05) is 32.2 Å². The Morgan fingerprint density at radius 3 is 2.40 bits per heavy atom. The zero-order valence-electron chi connectivity index (χ0n) is 12.6. The van der Waals surface area contributed by atoms with Crippen molar-refractivity contribution in [2.24, 2.45) is 5.73 Å². The fraction of sp³-hybridized carbons (Fsp3) is 0.933. The molecule has 2 aliphatic rings. The van der Waals surface area contributed by atoms with Crippen LogP contribution in [0.15, 0.2) is 0 Å². The van der Waals surface area contributed by atoms with E-state index in [-0.39, 0.29) is 6.03 Å². The summed E-state index contributed by atoms with van der Waals surface area (Å²) in [4.78, 5) is 16.6. The minimum absolute atomic E-state index is 0.151. The maximum absolute atomic E-state index is 12.2. The monoisotopic (exact) mass is 282 g/mol. The molecule has 1 saturated heterocycles. The van der Waals surface area contributed by atoms with Crippen LogP contribution >= 0.6 is 0 Å². The highest BCUT2D eigenvalue weighted by Gasteiger charge is 2.23. The number of urea groups is 1. The molecule has 1 saturated carbocycles. The quantitative estimate of drug-likeness (QED) is 0.749. The van der Waals surface area contributed by atoms with Crippen LogP contribution < -0.4 is 11.1 Å². The second kappa shape index (κ2) is 8.47. The second-order valence-corrected chi connectivity index (χ2v) is 6.11. The minimum Gasteiger partial charge on any atom is -0.335 e. The van der Waals surface area contributed by atoms with Crippen molar-refractivity contribution in [3.8, 4) is 0 Å². The summed E-state index contributed by atoms with van der Waals surface area (Å²) >= 11 is 0. The molecule has 2 fully saturated rings. The van der Waals surface area contributed by atoms with Crippen molar-refractivity contribution < 1.29 is 4.79 Å². The van der Waals surface area contributed by atoms with E-state index in [2.05, 4.69) is 10.2 Å². The largest absolute Gasteiger partial charge is 0.335 e. The van der Waals surface area contributed by atoms with Crippen molar-refractivity contribution in [3.63, 3.8) is 0 Å². The Morgan fingerprint density at radius 2 is 1.75 bits per heavy atom. The Labute approximate surface area is 122 Å². The molecule has 1 heterocycles. The number of nitrogens with two attached hydrogens (primary N) is 1. The fourth-order valence-electron chi connectivity index (χ4n) is 3.17. The van der Waals surface area contributed by atoms with E-state index in [0.29, 0.717) is 6.04 Å². The first-order valence-electron chi connectivity index (χ1n) is 8.27. The van der Waals surface area contributed by atoms with E-state index < -0.39 is 0 Å². The second-order valence-electron chi connectivity index (χ2n) is 6.11. The Balaban J connectivity index is 1.63. The molecule has 1 aliphatic heterocycles. The number of nitrogens with zero attached hydrogens (tertiary/aromatic N) is 2. The van der Waals surface area contributed by atoms with Crippen molar-refractivity contribution in [2.45, 2.75) is 51.0 Å². The SMILES string of the molecule is NCCCCN1CCN(C(=O)NC2CCCCC2)CC1. The standard InChI is InChI=1S/C15H30N4O/c16-8-4-5-9-18-10-12-19(13-11-18)15(20)17-14-6-2-1-3-7-14/h14H,1-13,16H2,(H,17,20). The van der Waals surface area contributed by atoms with Gasteiger partial charge in [0.1, 0.15) is 0 Å². The van der Waals surface area contributed by atoms with Gasteiger partial charge < -0.3 is 16.0 Å². The topological polar surface area (TPSA) is 61.6 Å². The number of hydrogen-bond acceptors (Lipinski definition) is 3. The van der Waals surface area contributed by atoms with Crippen molar-refractivity contribution in [1.29, 1.82) is 0 Å². The van der Waals surface area contributed by atoms with Crippen LogP contribution in [0.5, 0.6) is 0 Å². The number of unbranched alkanes of at least 4 members (excludes halogenated alkanes) is 1. The van der Waals surface area contributed by atoms with Gasteiger partial charge in [0.2, 0.25) is 0 Å². The lowest BCUT2D eigenvalue weighted by Crippen LogP contribution is -2.53. The highest BCUT2D eigenvalue weighted by atomic mass is 16.2. The predicted octanol–water partition coefficient (Wildman–Crippen LogP) is 1.39. The third-order valence-electron chi connectivity index (χ3n) is 4.52. The van der Waals surface area contributed by atoms with Crippen LogP contribution in [-0.4, -0.2) is 61.1 Å². The zero-order valence-corrected chi connectivity index (χ0v) is 12.6. The van der Waals surface area contributed by atoms with Gasteiger partial charge in [-0.15, -0.1) is 0 Å². The number of carbonyl (C=O) groups is 1. The molecule has 0 atom stereocenters. The van der Waals surface area contributed by atoms with Crippen LogP contribution in [0.1, 0.15) is 44.9 Å².